The zero-order chi connectivity index (χ0) is 11.5. The number of hydrogen-bond donors (Lipinski definition) is 2. The lowest BCUT2D eigenvalue weighted by molar-refractivity contribution is 0.123. The molecule has 94 valence electrons. The van der Waals surface area contributed by atoms with Crippen LogP contribution in [-0.2, 0) is 0 Å². The summed E-state index contributed by atoms with van der Waals surface area (Å²) in [7, 11) is 0. The Kier molecular flexibility index (Phi) is 4.19. The van der Waals surface area contributed by atoms with E-state index in [2.05, 4.69) is 9.80 Å². The standard InChI is InChI=1S/C12H25N3O/c1-10(16)8-14-5-4-12(9-14)15-6-2-11(13)3-7-15/h10-12,16H,2-9,13H2,1H3. The van der Waals surface area contributed by atoms with Gasteiger partial charge in [-0.05, 0) is 45.8 Å². The highest BCUT2D eigenvalue weighted by molar-refractivity contribution is 4.87. The van der Waals surface area contributed by atoms with Crippen LogP contribution in [0, 0.1) is 0 Å². The molecule has 0 aromatic heterocycles. The van der Waals surface area contributed by atoms with Crippen molar-refractivity contribution in [1.29, 1.82) is 0 Å². The molecule has 0 spiro atoms. The lowest BCUT2D eigenvalue weighted by atomic mass is 10.0. The predicted octanol–water partition coefficient (Wildman–Crippen LogP) is -0.135. The zero-order valence-electron chi connectivity index (χ0n) is 10.3. The van der Waals surface area contributed by atoms with Gasteiger partial charge in [-0.25, -0.2) is 0 Å². The molecule has 0 bridgehead atoms. The van der Waals surface area contributed by atoms with Gasteiger partial charge in [0.15, 0.2) is 0 Å². The molecule has 2 unspecified atom stereocenters. The Morgan fingerprint density at radius 2 is 1.94 bits per heavy atom. The van der Waals surface area contributed by atoms with Crippen molar-refractivity contribution in [2.75, 3.05) is 32.7 Å². The summed E-state index contributed by atoms with van der Waals surface area (Å²) in [6.07, 6.45) is 3.34. The molecule has 4 nitrogen and oxygen atoms in total. The summed E-state index contributed by atoms with van der Waals surface area (Å²) in [4.78, 5) is 4.97. The van der Waals surface area contributed by atoms with Crippen LogP contribution in [0.5, 0.6) is 0 Å². The normalized spacial score (nSPS) is 32.1. The molecule has 2 saturated heterocycles. The summed E-state index contributed by atoms with van der Waals surface area (Å²) in [5.41, 5.74) is 5.92. The molecule has 16 heavy (non-hydrogen) atoms. The monoisotopic (exact) mass is 227 g/mol. The van der Waals surface area contributed by atoms with Gasteiger partial charge in [0.25, 0.3) is 0 Å². The minimum Gasteiger partial charge on any atom is -0.392 e. The van der Waals surface area contributed by atoms with E-state index in [0.717, 1.165) is 45.6 Å². The fourth-order valence-corrected chi connectivity index (χ4v) is 2.93. The first kappa shape index (κ1) is 12.3. The van der Waals surface area contributed by atoms with Crippen molar-refractivity contribution >= 4 is 0 Å². The van der Waals surface area contributed by atoms with E-state index >= 15 is 0 Å². The molecule has 0 aromatic carbocycles. The third kappa shape index (κ3) is 3.17. The number of rotatable bonds is 3. The fraction of sp³-hybridized carbons (Fsp3) is 1.00. The molecule has 2 aliphatic heterocycles. The van der Waals surface area contributed by atoms with E-state index in [0.29, 0.717) is 12.1 Å². The maximum atomic E-state index is 9.37. The van der Waals surface area contributed by atoms with Gasteiger partial charge in [0.2, 0.25) is 0 Å². The van der Waals surface area contributed by atoms with Crippen molar-refractivity contribution in [3.8, 4) is 0 Å². The van der Waals surface area contributed by atoms with E-state index in [9.17, 15) is 5.11 Å². The quantitative estimate of drug-likeness (QED) is 0.705. The Hall–Kier alpha value is -0.160. The van der Waals surface area contributed by atoms with Gasteiger partial charge in [-0.15, -0.1) is 0 Å². The Bertz CT molecular complexity index is 214. The second-order valence-electron chi connectivity index (χ2n) is 5.42. The number of nitrogens with two attached hydrogens (primary N) is 1. The number of likely N-dealkylation sites (tertiary alicyclic amines) is 2. The first-order valence-electron chi connectivity index (χ1n) is 6.55. The molecule has 2 heterocycles. The summed E-state index contributed by atoms with van der Waals surface area (Å²) in [5, 5.41) is 9.37. The smallest absolute Gasteiger partial charge is 0.0639 e. The second-order valence-corrected chi connectivity index (χ2v) is 5.42. The third-order valence-corrected chi connectivity index (χ3v) is 3.86. The Balaban J connectivity index is 1.75. The Morgan fingerprint density at radius 1 is 1.25 bits per heavy atom. The number of piperidine rings is 1. The van der Waals surface area contributed by atoms with E-state index in [-0.39, 0.29) is 6.10 Å². The van der Waals surface area contributed by atoms with Crippen molar-refractivity contribution in [3.63, 3.8) is 0 Å². The molecule has 0 saturated carbocycles. The number of aliphatic hydroxyl groups is 1. The molecule has 0 amide bonds. The van der Waals surface area contributed by atoms with Crippen LogP contribution in [0.1, 0.15) is 26.2 Å². The molecular formula is C12H25N3O. The fourth-order valence-electron chi connectivity index (χ4n) is 2.93. The summed E-state index contributed by atoms with van der Waals surface area (Å²) in [5.74, 6) is 0. The number of β-amino-alcohol motifs (C(OH)–C–C–N with tert-alkyl or cyclic N) is 1. The second kappa shape index (κ2) is 5.45. The van der Waals surface area contributed by atoms with Crippen molar-refractivity contribution in [3.05, 3.63) is 0 Å². The van der Waals surface area contributed by atoms with Crippen LogP contribution in [-0.4, -0.2) is 65.8 Å². The topological polar surface area (TPSA) is 52.7 Å². The summed E-state index contributed by atoms with van der Waals surface area (Å²) in [6, 6.07) is 1.12. The van der Waals surface area contributed by atoms with Gasteiger partial charge in [-0.2, -0.15) is 0 Å². The van der Waals surface area contributed by atoms with Gasteiger partial charge in [0.1, 0.15) is 0 Å². The Labute approximate surface area is 98.4 Å². The summed E-state index contributed by atoms with van der Waals surface area (Å²) >= 11 is 0. The highest BCUT2D eigenvalue weighted by atomic mass is 16.3. The van der Waals surface area contributed by atoms with Crippen LogP contribution in [0.2, 0.25) is 0 Å². The molecule has 0 aliphatic carbocycles. The van der Waals surface area contributed by atoms with Crippen LogP contribution < -0.4 is 5.73 Å². The van der Waals surface area contributed by atoms with Crippen LogP contribution in [0.15, 0.2) is 0 Å². The van der Waals surface area contributed by atoms with Crippen LogP contribution in [0.4, 0.5) is 0 Å². The molecular weight excluding hydrogens is 202 g/mol. The van der Waals surface area contributed by atoms with Crippen molar-refractivity contribution in [2.45, 2.75) is 44.4 Å². The van der Waals surface area contributed by atoms with Crippen molar-refractivity contribution in [2.24, 2.45) is 5.73 Å². The van der Waals surface area contributed by atoms with Crippen molar-refractivity contribution in [1.82, 2.24) is 9.80 Å². The molecule has 0 radical (unpaired) electrons. The number of aliphatic hydroxyl groups excluding tert-OH is 1. The largest absolute Gasteiger partial charge is 0.392 e. The van der Waals surface area contributed by atoms with Gasteiger partial charge in [0.05, 0.1) is 6.10 Å². The molecule has 4 heteroatoms. The van der Waals surface area contributed by atoms with E-state index in [1.807, 2.05) is 6.92 Å². The average molecular weight is 227 g/mol. The highest BCUT2D eigenvalue weighted by Crippen LogP contribution is 2.19. The number of hydrogen-bond acceptors (Lipinski definition) is 4. The van der Waals surface area contributed by atoms with E-state index in [4.69, 9.17) is 5.73 Å². The predicted molar refractivity (Wildman–Crippen MR) is 65.3 cm³/mol. The minimum absolute atomic E-state index is 0.200. The average Bonchev–Trinajstić information content (AvgIpc) is 2.66. The maximum Gasteiger partial charge on any atom is 0.0639 e. The van der Waals surface area contributed by atoms with Gasteiger partial charge in [-0.1, -0.05) is 0 Å². The summed E-state index contributed by atoms with van der Waals surface area (Å²) in [6.45, 7) is 7.28. The van der Waals surface area contributed by atoms with Gasteiger partial charge in [-0.3, -0.25) is 9.80 Å². The van der Waals surface area contributed by atoms with Gasteiger partial charge >= 0.3 is 0 Å². The molecule has 2 aliphatic rings. The van der Waals surface area contributed by atoms with E-state index in [1.54, 1.807) is 0 Å². The third-order valence-electron chi connectivity index (χ3n) is 3.86. The minimum atomic E-state index is -0.200. The lowest BCUT2D eigenvalue weighted by Crippen LogP contribution is -2.46. The van der Waals surface area contributed by atoms with Crippen LogP contribution in [0.25, 0.3) is 0 Å². The summed E-state index contributed by atoms with van der Waals surface area (Å²) < 4.78 is 0. The molecule has 2 fully saturated rings. The first-order valence-corrected chi connectivity index (χ1v) is 6.55. The van der Waals surface area contributed by atoms with Crippen LogP contribution in [0.3, 0.4) is 0 Å². The van der Waals surface area contributed by atoms with Gasteiger partial charge in [0, 0.05) is 25.2 Å². The molecule has 2 rings (SSSR count). The molecule has 0 aromatic rings. The highest BCUT2D eigenvalue weighted by Gasteiger charge is 2.29. The SMILES string of the molecule is CC(O)CN1CCC(N2CCC(N)CC2)C1. The van der Waals surface area contributed by atoms with E-state index < -0.39 is 0 Å². The van der Waals surface area contributed by atoms with E-state index in [1.165, 1.54) is 6.42 Å². The zero-order valence-corrected chi connectivity index (χ0v) is 10.3. The van der Waals surface area contributed by atoms with Crippen LogP contribution >= 0.6 is 0 Å². The molecule has 2 atom stereocenters. The first-order chi connectivity index (χ1) is 7.65. The Morgan fingerprint density at radius 3 is 2.56 bits per heavy atom. The molecule has 3 N–H and O–H groups in total. The number of nitrogens with zero attached hydrogens (tertiary/aromatic N) is 2. The lowest BCUT2D eigenvalue weighted by Gasteiger charge is -2.34. The maximum absolute atomic E-state index is 9.37. The van der Waals surface area contributed by atoms with Crippen molar-refractivity contribution < 1.29 is 5.11 Å². The van der Waals surface area contributed by atoms with Gasteiger partial charge < -0.3 is 10.8 Å².